The van der Waals surface area contributed by atoms with E-state index in [2.05, 4.69) is 0 Å². The Balaban J connectivity index is 2.23. The number of pyridine rings is 1. The van der Waals surface area contributed by atoms with Crippen molar-refractivity contribution >= 4 is 11.9 Å². The van der Waals surface area contributed by atoms with Gasteiger partial charge in [0.2, 0.25) is 0 Å². The molecule has 0 unspecified atom stereocenters. The number of carboxylic acid groups (broad SMARTS) is 1. The van der Waals surface area contributed by atoms with Crippen molar-refractivity contribution in [2.24, 2.45) is 12.5 Å². The van der Waals surface area contributed by atoms with Crippen molar-refractivity contribution in [2.45, 2.75) is 32.3 Å². The quantitative estimate of drug-likeness (QED) is 0.839. The molecular formula is C16H22N2O5. The van der Waals surface area contributed by atoms with Gasteiger partial charge in [0.05, 0.1) is 11.5 Å². The predicted octanol–water partition coefficient (Wildman–Crippen LogP) is 0.463. The van der Waals surface area contributed by atoms with Gasteiger partial charge in [0, 0.05) is 26.3 Å². The number of aliphatic hydroxyl groups excluding tert-OH is 1. The molecule has 7 heteroatoms. The van der Waals surface area contributed by atoms with E-state index in [1.54, 1.807) is 19.3 Å². The number of aliphatic carboxylic acids is 1. The number of likely N-dealkylation sites (tertiary alicyclic amines) is 1. The molecule has 2 heterocycles. The van der Waals surface area contributed by atoms with E-state index in [1.165, 1.54) is 15.5 Å². The monoisotopic (exact) mass is 322 g/mol. The van der Waals surface area contributed by atoms with Gasteiger partial charge in [-0.05, 0) is 25.0 Å². The Morgan fingerprint density at radius 3 is 2.70 bits per heavy atom. The Labute approximate surface area is 134 Å². The molecule has 2 atom stereocenters. The molecule has 1 aromatic heterocycles. The lowest BCUT2D eigenvalue weighted by Gasteiger charge is -2.42. The Hall–Kier alpha value is -2.15. The van der Waals surface area contributed by atoms with E-state index in [0.717, 1.165) is 0 Å². The molecule has 1 amide bonds. The van der Waals surface area contributed by atoms with Crippen LogP contribution in [0.2, 0.25) is 0 Å². The van der Waals surface area contributed by atoms with Gasteiger partial charge in [-0.1, -0.05) is 13.3 Å². The standard InChI is InChI=1S/C16H22N2O5/c1-3-6-16(15(22)23)7-9-18(10-12(16)19)14(21)11-5-4-8-17(2)13(11)20/h4-5,8,12,19H,3,6-7,9-10H2,1-2H3,(H,22,23)/t12-,16-/m0/s1. The lowest BCUT2D eigenvalue weighted by atomic mass is 9.72. The third kappa shape index (κ3) is 3.01. The number of piperidine rings is 1. The number of carboxylic acids is 1. The minimum Gasteiger partial charge on any atom is -0.481 e. The first kappa shape index (κ1) is 17.2. The summed E-state index contributed by atoms with van der Waals surface area (Å²) < 4.78 is 1.31. The maximum atomic E-state index is 12.5. The summed E-state index contributed by atoms with van der Waals surface area (Å²) in [5.74, 6) is -1.50. The summed E-state index contributed by atoms with van der Waals surface area (Å²) in [6.07, 6.45) is 1.58. The second-order valence-corrected chi connectivity index (χ2v) is 6.07. The fourth-order valence-corrected chi connectivity index (χ4v) is 3.18. The molecule has 23 heavy (non-hydrogen) atoms. The second kappa shape index (κ2) is 6.54. The number of aromatic nitrogens is 1. The second-order valence-electron chi connectivity index (χ2n) is 6.07. The Morgan fingerprint density at radius 1 is 1.43 bits per heavy atom. The maximum absolute atomic E-state index is 12.5. The molecule has 0 saturated carbocycles. The lowest BCUT2D eigenvalue weighted by molar-refractivity contribution is -0.162. The first-order valence-electron chi connectivity index (χ1n) is 7.70. The molecule has 1 fully saturated rings. The Morgan fingerprint density at radius 2 is 2.13 bits per heavy atom. The number of aryl methyl sites for hydroxylation is 1. The van der Waals surface area contributed by atoms with Crippen molar-refractivity contribution in [2.75, 3.05) is 13.1 Å². The van der Waals surface area contributed by atoms with E-state index in [-0.39, 0.29) is 25.1 Å². The summed E-state index contributed by atoms with van der Waals surface area (Å²) >= 11 is 0. The van der Waals surface area contributed by atoms with Crippen LogP contribution in [0.5, 0.6) is 0 Å². The van der Waals surface area contributed by atoms with E-state index in [4.69, 9.17) is 0 Å². The average molecular weight is 322 g/mol. The van der Waals surface area contributed by atoms with Crippen molar-refractivity contribution in [3.8, 4) is 0 Å². The van der Waals surface area contributed by atoms with E-state index in [1.807, 2.05) is 6.92 Å². The Bertz CT molecular complexity index is 669. The summed E-state index contributed by atoms with van der Waals surface area (Å²) in [5.41, 5.74) is -1.59. The zero-order valence-electron chi connectivity index (χ0n) is 13.4. The van der Waals surface area contributed by atoms with Crippen molar-refractivity contribution in [1.82, 2.24) is 9.47 Å². The van der Waals surface area contributed by atoms with Crippen LogP contribution in [0.25, 0.3) is 0 Å². The normalized spacial score (nSPS) is 24.5. The molecular weight excluding hydrogens is 300 g/mol. The van der Waals surface area contributed by atoms with E-state index in [0.29, 0.717) is 12.8 Å². The van der Waals surface area contributed by atoms with Crippen LogP contribution in [0.1, 0.15) is 36.5 Å². The molecule has 1 aliphatic heterocycles. The average Bonchev–Trinajstić information content (AvgIpc) is 2.51. The van der Waals surface area contributed by atoms with Crippen molar-refractivity contribution < 1.29 is 19.8 Å². The van der Waals surface area contributed by atoms with E-state index < -0.39 is 29.0 Å². The zero-order chi connectivity index (χ0) is 17.2. The number of rotatable bonds is 4. The largest absolute Gasteiger partial charge is 0.481 e. The van der Waals surface area contributed by atoms with Crippen molar-refractivity contribution in [1.29, 1.82) is 0 Å². The highest BCUT2D eigenvalue weighted by molar-refractivity contribution is 5.94. The molecule has 0 radical (unpaired) electrons. The minimum absolute atomic E-state index is 0.0283. The SMILES string of the molecule is CCC[C@]1(C(=O)O)CCN(C(=O)c2cccn(C)c2=O)C[C@@H]1O. The number of carbonyl (C=O) groups excluding carboxylic acids is 1. The predicted molar refractivity (Wildman–Crippen MR) is 83.2 cm³/mol. The molecule has 0 bridgehead atoms. The number of β-amino-alcohol motifs (C(OH)–C–C–N with tert-alkyl or cyclic N) is 1. The molecule has 1 saturated heterocycles. The van der Waals surface area contributed by atoms with E-state index in [9.17, 15) is 24.6 Å². The molecule has 0 aromatic carbocycles. The van der Waals surface area contributed by atoms with Crippen LogP contribution in [-0.2, 0) is 11.8 Å². The molecule has 1 aromatic rings. The Kier molecular flexibility index (Phi) is 4.89. The van der Waals surface area contributed by atoms with Gasteiger partial charge < -0.3 is 19.7 Å². The van der Waals surface area contributed by atoms with Gasteiger partial charge in [0.25, 0.3) is 11.5 Å². The molecule has 1 aliphatic rings. The minimum atomic E-state index is -1.22. The van der Waals surface area contributed by atoms with Crippen LogP contribution in [0.3, 0.4) is 0 Å². The summed E-state index contributed by atoms with van der Waals surface area (Å²) in [5, 5.41) is 19.8. The lowest BCUT2D eigenvalue weighted by Crippen LogP contribution is -2.56. The summed E-state index contributed by atoms with van der Waals surface area (Å²) in [4.78, 5) is 37.5. The highest BCUT2D eigenvalue weighted by Gasteiger charge is 2.48. The number of hydrogen-bond donors (Lipinski definition) is 2. The first-order valence-corrected chi connectivity index (χ1v) is 7.70. The number of hydrogen-bond acceptors (Lipinski definition) is 4. The third-order valence-corrected chi connectivity index (χ3v) is 4.62. The molecule has 0 spiro atoms. The van der Waals surface area contributed by atoms with Crippen molar-refractivity contribution in [3.63, 3.8) is 0 Å². The summed E-state index contributed by atoms with van der Waals surface area (Å²) in [7, 11) is 1.56. The van der Waals surface area contributed by atoms with Crippen LogP contribution >= 0.6 is 0 Å². The van der Waals surface area contributed by atoms with Crippen LogP contribution in [0.15, 0.2) is 23.1 Å². The van der Waals surface area contributed by atoms with Gasteiger partial charge in [0.15, 0.2) is 0 Å². The van der Waals surface area contributed by atoms with Gasteiger partial charge in [-0.15, -0.1) is 0 Å². The number of amides is 1. The fourth-order valence-electron chi connectivity index (χ4n) is 3.18. The van der Waals surface area contributed by atoms with Gasteiger partial charge in [-0.2, -0.15) is 0 Å². The van der Waals surface area contributed by atoms with Gasteiger partial charge in [0.1, 0.15) is 5.56 Å². The first-order chi connectivity index (χ1) is 10.8. The van der Waals surface area contributed by atoms with Crippen molar-refractivity contribution in [3.05, 3.63) is 34.2 Å². The topological polar surface area (TPSA) is 99.8 Å². The van der Waals surface area contributed by atoms with Crippen LogP contribution in [-0.4, -0.2) is 50.8 Å². The summed E-state index contributed by atoms with van der Waals surface area (Å²) in [6.45, 7) is 1.99. The molecule has 7 nitrogen and oxygen atoms in total. The number of aliphatic hydroxyl groups is 1. The highest BCUT2D eigenvalue weighted by atomic mass is 16.4. The summed E-state index contributed by atoms with van der Waals surface area (Å²) in [6, 6.07) is 3.05. The number of nitrogens with zero attached hydrogens (tertiary/aromatic N) is 2. The molecule has 0 aliphatic carbocycles. The number of carbonyl (C=O) groups is 2. The van der Waals surface area contributed by atoms with Gasteiger partial charge >= 0.3 is 5.97 Å². The van der Waals surface area contributed by atoms with Gasteiger partial charge in [-0.3, -0.25) is 14.4 Å². The molecule has 2 N–H and O–H groups in total. The smallest absolute Gasteiger partial charge is 0.312 e. The van der Waals surface area contributed by atoms with E-state index >= 15 is 0 Å². The molecule has 126 valence electrons. The maximum Gasteiger partial charge on any atom is 0.312 e. The third-order valence-electron chi connectivity index (χ3n) is 4.62. The van der Waals surface area contributed by atoms with Crippen LogP contribution < -0.4 is 5.56 Å². The van der Waals surface area contributed by atoms with Gasteiger partial charge in [-0.25, -0.2) is 0 Å². The molecule has 2 rings (SSSR count). The fraction of sp³-hybridized carbons (Fsp3) is 0.562. The van der Waals surface area contributed by atoms with Crippen LogP contribution in [0.4, 0.5) is 0 Å². The van der Waals surface area contributed by atoms with Crippen LogP contribution in [0, 0.1) is 5.41 Å². The highest BCUT2D eigenvalue weighted by Crippen LogP contribution is 2.37. The zero-order valence-corrected chi connectivity index (χ0v) is 13.4.